The summed E-state index contributed by atoms with van der Waals surface area (Å²) in [5.74, 6) is 0.157. The van der Waals surface area contributed by atoms with E-state index in [0.717, 1.165) is 71.8 Å². The fourth-order valence-corrected chi connectivity index (χ4v) is 8.51. The summed E-state index contributed by atoms with van der Waals surface area (Å²) in [6.07, 6.45) is 13.2. The number of ether oxygens (including phenoxy) is 2. The van der Waals surface area contributed by atoms with Gasteiger partial charge in [-0.15, -0.1) is 0 Å². The standard InChI is InChI=1S/C35H41IN2O5/c1-3-9-23-19-25-32(35(41)38(34(25)40)24-10-5-4-6-11-24)26-20-43-29(31(23)26)14-13-22(28-12-7-8-15-37-28)16-21-17-27(36)33(39)30(18-21)42-2/h7-8,12,15-18,24-26,29,32,39H,3-6,9-11,13-14,19-20H2,1-2H3/b22-16-/t25-,26+,29-,32-/m1/s1. The Kier molecular flexibility index (Phi) is 9.24. The van der Waals surface area contributed by atoms with E-state index >= 15 is 0 Å². The molecule has 0 unspecified atom stereocenters. The molecule has 2 aliphatic heterocycles. The van der Waals surface area contributed by atoms with E-state index in [4.69, 9.17) is 9.47 Å². The molecule has 0 bridgehead atoms. The van der Waals surface area contributed by atoms with E-state index in [2.05, 4.69) is 40.6 Å². The molecule has 4 aliphatic rings. The number of likely N-dealkylation sites (tertiary alicyclic amines) is 1. The number of aromatic hydroxyl groups is 1. The third-order valence-corrected chi connectivity index (χ3v) is 10.6. The number of amides is 2. The number of nitrogens with zero attached hydrogens (tertiary/aromatic N) is 2. The summed E-state index contributed by atoms with van der Waals surface area (Å²) in [6.45, 7) is 2.69. The second-order valence-corrected chi connectivity index (χ2v) is 13.6. The number of carbonyl (C=O) groups excluding carboxylic acids is 2. The van der Waals surface area contributed by atoms with Crippen molar-refractivity contribution in [1.82, 2.24) is 9.88 Å². The van der Waals surface area contributed by atoms with Gasteiger partial charge in [0.1, 0.15) is 0 Å². The number of halogens is 1. The van der Waals surface area contributed by atoms with E-state index in [1.165, 1.54) is 17.6 Å². The molecule has 2 saturated heterocycles. The molecular formula is C35H41IN2O5. The van der Waals surface area contributed by atoms with Crippen molar-refractivity contribution in [3.63, 3.8) is 0 Å². The lowest BCUT2D eigenvalue weighted by Gasteiger charge is -2.32. The molecule has 43 heavy (non-hydrogen) atoms. The Balaban J connectivity index is 1.27. The molecule has 0 radical (unpaired) electrons. The second kappa shape index (κ2) is 13.1. The number of methoxy groups -OCH3 is 1. The number of fused-ring (bicyclic) bond motifs is 3. The summed E-state index contributed by atoms with van der Waals surface area (Å²) < 4.78 is 12.6. The molecule has 2 aromatic rings. The summed E-state index contributed by atoms with van der Waals surface area (Å²) in [6, 6.07) is 9.77. The average molecular weight is 697 g/mol. The summed E-state index contributed by atoms with van der Waals surface area (Å²) in [5, 5.41) is 10.4. The average Bonchev–Trinajstić information content (AvgIpc) is 3.56. The van der Waals surface area contributed by atoms with Crippen LogP contribution in [0, 0.1) is 21.3 Å². The van der Waals surface area contributed by atoms with Crippen molar-refractivity contribution in [2.45, 2.75) is 83.3 Å². The van der Waals surface area contributed by atoms with Crippen LogP contribution < -0.4 is 4.74 Å². The van der Waals surface area contributed by atoms with Crippen molar-refractivity contribution < 1.29 is 24.2 Å². The molecule has 3 fully saturated rings. The first-order chi connectivity index (χ1) is 20.9. The molecule has 8 heteroatoms. The van der Waals surface area contributed by atoms with Crippen molar-refractivity contribution in [1.29, 1.82) is 0 Å². The first-order valence-electron chi connectivity index (χ1n) is 15.8. The van der Waals surface area contributed by atoms with Crippen LogP contribution in [0.4, 0.5) is 0 Å². The Bertz CT molecular complexity index is 1430. The van der Waals surface area contributed by atoms with Crippen molar-refractivity contribution in [2.75, 3.05) is 13.7 Å². The van der Waals surface area contributed by atoms with Crippen LogP contribution in [0.1, 0.15) is 82.4 Å². The lowest BCUT2D eigenvalue weighted by molar-refractivity contribution is -0.143. The molecule has 0 spiro atoms. The maximum Gasteiger partial charge on any atom is 0.234 e. The number of aromatic nitrogens is 1. The number of allylic oxidation sites excluding steroid dienone is 2. The molecule has 2 aliphatic carbocycles. The molecule has 2 amide bonds. The van der Waals surface area contributed by atoms with Crippen LogP contribution in [0.15, 0.2) is 47.7 Å². The van der Waals surface area contributed by atoms with Crippen molar-refractivity contribution in [3.8, 4) is 11.5 Å². The third kappa shape index (κ3) is 5.89. The third-order valence-electron chi connectivity index (χ3n) is 9.82. The summed E-state index contributed by atoms with van der Waals surface area (Å²) >= 11 is 2.12. The Hall–Kier alpha value is -2.72. The highest BCUT2D eigenvalue weighted by Crippen LogP contribution is 2.51. The highest BCUT2D eigenvalue weighted by atomic mass is 127. The molecule has 228 valence electrons. The smallest absolute Gasteiger partial charge is 0.234 e. The number of phenolic OH excluding ortho intramolecular Hbond substituents is 1. The molecule has 4 atom stereocenters. The number of imide groups is 1. The molecule has 7 nitrogen and oxygen atoms in total. The Morgan fingerprint density at radius 1 is 1.16 bits per heavy atom. The SMILES string of the molecule is CCCC1=C2[C@@H](CC/C(=C/c3cc(I)c(O)c(OC)c3)c3ccccn3)OC[C@@H]2[C@@H]2C(=O)N(C3CCCCC3)C(=O)[C@@H]2C1. The van der Waals surface area contributed by atoms with Gasteiger partial charge in [-0.25, -0.2) is 0 Å². The van der Waals surface area contributed by atoms with E-state index in [0.29, 0.717) is 18.8 Å². The quantitative estimate of drug-likeness (QED) is 0.170. The highest BCUT2D eigenvalue weighted by Gasteiger charge is 2.58. The Morgan fingerprint density at radius 2 is 1.98 bits per heavy atom. The summed E-state index contributed by atoms with van der Waals surface area (Å²) in [5.41, 5.74) is 5.51. The van der Waals surface area contributed by atoms with Crippen LogP contribution in [0.2, 0.25) is 0 Å². The first kappa shape index (κ1) is 30.3. The molecule has 1 aromatic carbocycles. The summed E-state index contributed by atoms with van der Waals surface area (Å²) in [7, 11) is 1.56. The molecular weight excluding hydrogens is 655 g/mol. The van der Waals surface area contributed by atoms with Crippen molar-refractivity contribution in [2.24, 2.45) is 17.8 Å². The monoisotopic (exact) mass is 696 g/mol. The zero-order valence-electron chi connectivity index (χ0n) is 25.1. The van der Waals surface area contributed by atoms with Gasteiger partial charge in [0, 0.05) is 18.2 Å². The van der Waals surface area contributed by atoms with Gasteiger partial charge >= 0.3 is 0 Å². The predicted molar refractivity (Wildman–Crippen MR) is 174 cm³/mol. The van der Waals surface area contributed by atoms with Crippen LogP contribution in [0.3, 0.4) is 0 Å². The molecule has 1 N–H and O–H groups in total. The number of hydrogen-bond acceptors (Lipinski definition) is 6. The second-order valence-electron chi connectivity index (χ2n) is 12.4. The number of carbonyl (C=O) groups is 2. The Labute approximate surface area is 267 Å². The van der Waals surface area contributed by atoms with Gasteiger partial charge in [-0.3, -0.25) is 19.5 Å². The van der Waals surface area contributed by atoms with E-state index in [1.807, 2.05) is 30.3 Å². The molecule has 3 heterocycles. The predicted octanol–water partition coefficient (Wildman–Crippen LogP) is 7.17. The zero-order valence-corrected chi connectivity index (χ0v) is 27.2. The normalized spacial score (nSPS) is 26.2. The van der Waals surface area contributed by atoms with Gasteiger partial charge in [0.2, 0.25) is 11.8 Å². The van der Waals surface area contributed by atoms with Crippen LogP contribution >= 0.6 is 22.6 Å². The molecule has 1 aromatic heterocycles. The summed E-state index contributed by atoms with van der Waals surface area (Å²) in [4.78, 5) is 33.9. The van der Waals surface area contributed by atoms with Gasteiger partial charge < -0.3 is 14.6 Å². The topological polar surface area (TPSA) is 89.0 Å². The minimum Gasteiger partial charge on any atom is -0.504 e. The van der Waals surface area contributed by atoms with Crippen LogP contribution in [-0.4, -0.2) is 52.7 Å². The lowest BCUT2D eigenvalue weighted by atomic mass is 9.68. The van der Waals surface area contributed by atoms with Crippen LogP contribution in [-0.2, 0) is 14.3 Å². The van der Waals surface area contributed by atoms with Crippen molar-refractivity contribution >= 4 is 46.1 Å². The van der Waals surface area contributed by atoms with Gasteiger partial charge in [0.15, 0.2) is 11.5 Å². The lowest BCUT2D eigenvalue weighted by Crippen LogP contribution is -2.42. The molecule has 1 saturated carbocycles. The number of rotatable bonds is 9. The van der Waals surface area contributed by atoms with E-state index in [-0.39, 0.29) is 47.5 Å². The van der Waals surface area contributed by atoms with E-state index < -0.39 is 0 Å². The molecule has 6 rings (SSSR count). The highest BCUT2D eigenvalue weighted by molar-refractivity contribution is 14.1. The van der Waals surface area contributed by atoms with Crippen LogP contribution in [0.25, 0.3) is 11.6 Å². The van der Waals surface area contributed by atoms with E-state index in [9.17, 15) is 14.7 Å². The zero-order chi connectivity index (χ0) is 30.1. The minimum absolute atomic E-state index is 0.0134. The number of phenols is 1. The van der Waals surface area contributed by atoms with E-state index in [1.54, 1.807) is 18.2 Å². The fraction of sp³-hybridized carbons (Fsp3) is 0.514. The van der Waals surface area contributed by atoms with Crippen molar-refractivity contribution in [3.05, 3.63) is 62.5 Å². The van der Waals surface area contributed by atoms with Gasteiger partial charge in [-0.2, -0.15) is 0 Å². The van der Waals surface area contributed by atoms with Gasteiger partial charge in [-0.05, 0) is 108 Å². The maximum atomic E-state index is 13.9. The van der Waals surface area contributed by atoms with Crippen LogP contribution in [0.5, 0.6) is 11.5 Å². The first-order valence-corrected chi connectivity index (χ1v) is 16.9. The Morgan fingerprint density at radius 3 is 2.70 bits per heavy atom. The number of pyridine rings is 1. The maximum absolute atomic E-state index is 13.9. The fourth-order valence-electron chi connectivity index (χ4n) is 7.88. The number of benzene rings is 1. The minimum atomic E-state index is -0.285. The largest absolute Gasteiger partial charge is 0.504 e. The van der Waals surface area contributed by atoms with Gasteiger partial charge in [-0.1, -0.05) is 44.2 Å². The van der Waals surface area contributed by atoms with Gasteiger partial charge in [0.25, 0.3) is 0 Å². The van der Waals surface area contributed by atoms with Gasteiger partial charge in [0.05, 0.1) is 40.9 Å². The number of hydrogen-bond donors (Lipinski definition) is 1.